The number of halogens is 3. The van der Waals surface area contributed by atoms with Gasteiger partial charge < -0.3 is 15.2 Å². The Labute approximate surface area is 126 Å². The van der Waals surface area contributed by atoms with Crippen molar-refractivity contribution >= 4 is 11.6 Å². The van der Waals surface area contributed by atoms with Gasteiger partial charge in [0, 0.05) is 0 Å². The van der Waals surface area contributed by atoms with E-state index in [0.29, 0.717) is 16.3 Å². The van der Waals surface area contributed by atoms with Crippen molar-refractivity contribution < 1.29 is 18.3 Å². The van der Waals surface area contributed by atoms with Gasteiger partial charge in [-0.2, -0.15) is 8.78 Å². The van der Waals surface area contributed by atoms with Crippen molar-refractivity contribution in [3.63, 3.8) is 0 Å². The van der Waals surface area contributed by atoms with Gasteiger partial charge in [-0.25, -0.2) is 0 Å². The van der Waals surface area contributed by atoms with E-state index in [9.17, 15) is 8.78 Å². The second kappa shape index (κ2) is 6.74. The summed E-state index contributed by atoms with van der Waals surface area (Å²) in [5, 5.41) is 0.436. The van der Waals surface area contributed by atoms with Crippen LogP contribution in [0, 0.1) is 0 Å². The molecule has 1 unspecified atom stereocenters. The summed E-state index contributed by atoms with van der Waals surface area (Å²) in [6.07, 6.45) is 0. The van der Waals surface area contributed by atoms with E-state index < -0.39 is 12.7 Å². The minimum atomic E-state index is -2.87. The van der Waals surface area contributed by atoms with Gasteiger partial charge in [0.1, 0.15) is 11.5 Å². The smallest absolute Gasteiger partial charge is 0.387 e. The lowest BCUT2D eigenvalue weighted by molar-refractivity contribution is -0.0498. The van der Waals surface area contributed by atoms with Gasteiger partial charge in [0.2, 0.25) is 0 Å². The molecule has 0 aliphatic heterocycles. The number of hydrogen-bond donors (Lipinski definition) is 1. The van der Waals surface area contributed by atoms with Crippen LogP contribution >= 0.6 is 11.6 Å². The van der Waals surface area contributed by atoms with Crippen LogP contribution in [0.5, 0.6) is 11.5 Å². The third-order valence-corrected chi connectivity index (χ3v) is 3.27. The first-order valence-corrected chi connectivity index (χ1v) is 6.53. The summed E-state index contributed by atoms with van der Waals surface area (Å²) in [7, 11) is 1.52. The number of rotatable bonds is 5. The highest BCUT2D eigenvalue weighted by molar-refractivity contribution is 6.32. The maximum atomic E-state index is 12.2. The summed E-state index contributed by atoms with van der Waals surface area (Å²) in [4.78, 5) is 0. The molecule has 2 rings (SSSR count). The first-order chi connectivity index (χ1) is 10.0. The van der Waals surface area contributed by atoms with E-state index in [1.165, 1.54) is 19.2 Å². The number of methoxy groups -OCH3 is 1. The van der Waals surface area contributed by atoms with Crippen LogP contribution in [-0.4, -0.2) is 13.7 Å². The molecule has 1 atom stereocenters. The first-order valence-electron chi connectivity index (χ1n) is 6.15. The minimum absolute atomic E-state index is 0.0672. The van der Waals surface area contributed by atoms with Gasteiger partial charge in [0.15, 0.2) is 0 Å². The van der Waals surface area contributed by atoms with Crippen molar-refractivity contribution in [2.24, 2.45) is 5.73 Å². The predicted octanol–water partition coefficient (Wildman–Crippen LogP) is 4.00. The Hall–Kier alpha value is -1.85. The van der Waals surface area contributed by atoms with E-state index in [-0.39, 0.29) is 5.75 Å². The zero-order valence-electron chi connectivity index (χ0n) is 11.2. The lowest BCUT2D eigenvalue weighted by atomic mass is 9.99. The van der Waals surface area contributed by atoms with E-state index in [2.05, 4.69) is 4.74 Å². The molecule has 0 aliphatic carbocycles. The van der Waals surface area contributed by atoms with Crippen molar-refractivity contribution in [2.75, 3.05) is 7.11 Å². The summed E-state index contributed by atoms with van der Waals surface area (Å²) < 4.78 is 33.9. The standard InChI is InChI=1S/C15H14ClF2NO2/c1-20-13-6-5-10(8-12(13)16)14(19)9-3-2-4-11(7-9)21-15(17)18/h2-8,14-15H,19H2,1H3. The molecule has 0 heterocycles. The number of benzene rings is 2. The maximum absolute atomic E-state index is 12.2. The van der Waals surface area contributed by atoms with Gasteiger partial charge in [-0.1, -0.05) is 29.8 Å². The minimum Gasteiger partial charge on any atom is -0.495 e. The van der Waals surface area contributed by atoms with Gasteiger partial charge in [0.05, 0.1) is 18.2 Å². The average Bonchev–Trinajstić information content (AvgIpc) is 2.46. The van der Waals surface area contributed by atoms with Gasteiger partial charge in [0.25, 0.3) is 0 Å². The molecule has 21 heavy (non-hydrogen) atoms. The molecule has 0 amide bonds. The maximum Gasteiger partial charge on any atom is 0.387 e. The average molecular weight is 314 g/mol. The number of nitrogens with two attached hydrogens (primary N) is 1. The molecular formula is C15H14ClF2NO2. The second-order valence-electron chi connectivity index (χ2n) is 4.32. The summed E-state index contributed by atoms with van der Waals surface area (Å²) in [6, 6.07) is 10.9. The summed E-state index contributed by atoms with van der Waals surface area (Å²) in [5.74, 6) is 0.611. The fourth-order valence-corrected chi connectivity index (χ4v) is 2.22. The van der Waals surface area contributed by atoms with Crippen LogP contribution in [0.4, 0.5) is 8.78 Å². The Kier molecular flexibility index (Phi) is 4.98. The van der Waals surface area contributed by atoms with E-state index in [1.807, 2.05) is 0 Å². The second-order valence-corrected chi connectivity index (χ2v) is 4.73. The number of ether oxygens (including phenoxy) is 2. The fourth-order valence-electron chi connectivity index (χ4n) is 1.95. The Bertz CT molecular complexity index is 622. The highest BCUT2D eigenvalue weighted by Gasteiger charge is 2.13. The molecule has 0 saturated heterocycles. The highest BCUT2D eigenvalue weighted by atomic mass is 35.5. The Balaban J connectivity index is 2.27. The van der Waals surface area contributed by atoms with Crippen LogP contribution in [-0.2, 0) is 0 Å². The molecule has 2 N–H and O–H groups in total. The Morgan fingerprint density at radius 2 is 1.81 bits per heavy atom. The predicted molar refractivity (Wildman–Crippen MR) is 77.1 cm³/mol. The molecule has 0 saturated carbocycles. The summed E-state index contributed by atoms with van der Waals surface area (Å²) in [5.41, 5.74) is 7.53. The van der Waals surface area contributed by atoms with Crippen LogP contribution in [0.1, 0.15) is 17.2 Å². The van der Waals surface area contributed by atoms with Gasteiger partial charge in [-0.3, -0.25) is 0 Å². The third-order valence-electron chi connectivity index (χ3n) is 2.98. The van der Waals surface area contributed by atoms with Crippen molar-refractivity contribution in [3.05, 3.63) is 58.6 Å². The quantitative estimate of drug-likeness (QED) is 0.907. The van der Waals surface area contributed by atoms with Crippen LogP contribution in [0.2, 0.25) is 5.02 Å². The molecule has 0 aromatic heterocycles. The number of hydrogen-bond acceptors (Lipinski definition) is 3. The molecular weight excluding hydrogens is 300 g/mol. The molecule has 2 aromatic carbocycles. The molecule has 0 spiro atoms. The molecule has 6 heteroatoms. The lowest BCUT2D eigenvalue weighted by Crippen LogP contribution is -2.12. The molecule has 0 fully saturated rings. The molecule has 2 aromatic rings. The zero-order chi connectivity index (χ0) is 15.4. The monoisotopic (exact) mass is 313 g/mol. The van der Waals surface area contributed by atoms with Gasteiger partial charge >= 0.3 is 6.61 Å². The van der Waals surface area contributed by atoms with E-state index in [4.69, 9.17) is 22.1 Å². The Morgan fingerprint density at radius 3 is 2.43 bits per heavy atom. The van der Waals surface area contributed by atoms with Crippen LogP contribution in [0.3, 0.4) is 0 Å². The van der Waals surface area contributed by atoms with Crippen molar-refractivity contribution in [1.82, 2.24) is 0 Å². The van der Waals surface area contributed by atoms with Crippen LogP contribution < -0.4 is 15.2 Å². The van der Waals surface area contributed by atoms with Crippen LogP contribution in [0.15, 0.2) is 42.5 Å². The lowest BCUT2D eigenvalue weighted by Gasteiger charge is -2.15. The number of alkyl halides is 2. The van der Waals surface area contributed by atoms with Crippen molar-refractivity contribution in [3.8, 4) is 11.5 Å². The molecule has 0 bridgehead atoms. The van der Waals surface area contributed by atoms with Gasteiger partial charge in [-0.05, 0) is 35.4 Å². The third kappa shape index (κ3) is 3.83. The topological polar surface area (TPSA) is 44.5 Å². The molecule has 3 nitrogen and oxygen atoms in total. The highest BCUT2D eigenvalue weighted by Crippen LogP contribution is 2.30. The van der Waals surface area contributed by atoms with E-state index in [0.717, 1.165) is 5.56 Å². The van der Waals surface area contributed by atoms with E-state index in [1.54, 1.807) is 30.3 Å². The van der Waals surface area contributed by atoms with Gasteiger partial charge in [-0.15, -0.1) is 0 Å². The summed E-state index contributed by atoms with van der Waals surface area (Å²) >= 11 is 6.06. The Morgan fingerprint density at radius 1 is 1.10 bits per heavy atom. The molecule has 0 aliphatic rings. The molecule has 0 radical (unpaired) electrons. The fraction of sp³-hybridized carbons (Fsp3) is 0.200. The van der Waals surface area contributed by atoms with Crippen LogP contribution in [0.25, 0.3) is 0 Å². The largest absolute Gasteiger partial charge is 0.495 e. The van der Waals surface area contributed by atoms with E-state index >= 15 is 0 Å². The summed E-state index contributed by atoms with van der Waals surface area (Å²) in [6.45, 7) is -2.87. The normalized spacial score (nSPS) is 12.3. The SMILES string of the molecule is COc1ccc(C(N)c2cccc(OC(F)F)c2)cc1Cl. The molecule has 112 valence electrons. The zero-order valence-corrected chi connectivity index (χ0v) is 12.0. The van der Waals surface area contributed by atoms with Crippen molar-refractivity contribution in [2.45, 2.75) is 12.7 Å². The first kappa shape index (κ1) is 15.5. The van der Waals surface area contributed by atoms with Crippen molar-refractivity contribution in [1.29, 1.82) is 0 Å².